The van der Waals surface area contributed by atoms with Crippen molar-refractivity contribution < 1.29 is 9.18 Å². The highest BCUT2D eigenvalue weighted by atomic mass is 19.1. The summed E-state index contributed by atoms with van der Waals surface area (Å²) < 4.78 is 14.3. The Balaban J connectivity index is 2.20. The van der Waals surface area contributed by atoms with Gasteiger partial charge in [-0.1, -0.05) is 30.3 Å². The highest BCUT2D eigenvalue weighted by Gasteiger charge is 2.17. The molecule has 24 heavy (non-hydrogen) atoms. The Labute approximate surface area is 136 Å². The van der Waals surface area contributed by atoms with E-state index in [0.717, 1.165) is 16.3 Å². The third-order valence-electron chi connectivity index (χ3n) is 4.21. The molecule has 0 radical (unpaired) electrons. The van der Waals surface area contributed by atoms with Gasteiger partial charge in [0.25, 0.3) is 5.91 Å². The molecular formula is C19H14FN3O. The van der Waals surface area contributed by atoms with Crippen molar-refractivity contribution in [1.29, 1.82) is 0 Å². The fourth-order valence-electron chi connectivity index (χ4n) is 3.14. The first-order valence-corrected chi connectivity index (χ1v) is 7.45. The van der Waals surface area contributed by atoms with E-state index in [4.69, 9.17) is 11.5 Å². The average molecular weight is 319 g/mol. The number of benzene rings is 3. The molecule has 0 saturated carbocycles. The van der Waals surface area contributed by atoms with Crippen molar-refractivity contribution in [1.82, 2.24) is 4.98 Å². The van der Waals surface area contributed by atoms with E-state index in [-0.39, 0.29) is 5.82 Å². The lowest BCUT2D eigenvalue weighted by molar-refractivity contribution is 0.100. The van der Waals surface area contributed by atoms with Crippen molar-refractivity contribution in [3.63, 3.8) is 0 Å². The van der Waals surface area contributed by atoms with E-state index in [1.807, 2.05) is 6.07 Å². The fourth-order valence-corrected chi connectivity index (χ4v) is 3.14. The number of nitrogen functional groups attached to an aromatic ring is 1. The predicted molar refractivity (Wildman–Crippen MR) is 94.1 cm³/mol. The average Bonchev–Trinajstić information content (AvgIpc) is 2.92. The van der Waals surface area contributed by atoms with E-state index in [1.54, 1.807) is 42.5 Å². The summed E-state index contributed by atoms with van der Waals surface area (Å²) in [7, 11) is 0. The lowest BCUT2D eigenvalue weighted by atomic mass is 9.96. The number of fused-ring (bicyclic) bond motifs is 3. The van der Waals surface area contributed by atoms with Gasteiger partial charge in [-0.25, -0.2) is 4.39 Å². The number of hydrogen-bond acceptors (Lipinski definition) is 2. The highest BCUT2D eigenvalue weighted by Crippen LogP contribution is 2.37. The molecule has 1 amide bonds. The minimum absolute atomic E-state index is 0.324. The first kappa shape index (κ1) is 14.3. The Morgan fingerprint density at radius 1 is 1.00 bits per heavy atom. The molecule has 0 unspecified atom stereocenters. The number of aromatic amines is 1. The van der Waals surface area contributed by atoms with Crippen LogP contribution in [0.1, 0.15) is 10.4 Å². The second kappa shape index (κ2) is 5.09. The van der Waals surface area contributed by atoms with Crippen LogP contribution in [0.2, 0.25) is 0 Å². The number of aromatic nitrogens is 1. The first-order chi connectivity index (χ1) is 11.6. The van der Waals surface area contributed by atoms with Gasteiger partial charge in [0.05, 0.1) is 11.1 Å². The molecule has 5 heteroatoms. The summed E-state index contributed by atoms with van der Waals surface area (Å²) in [6, 6.07) is 15.3. The van der Waals surface area contributed by atoms with Gasteiger partial charge in [-0.15, -0.1) is 0 Å². The van der Waals surface area contributed by atoms with E-state index in [9.17, 15) is 9.18 Å². The number of nitrogens with one attached hydrogen (secondary N) is 1. The molecule has 0 aliphatic carbocycles. The Kier molecular flexibility index (Phi) is 3.03. The standard InChI is InChI=1S/C19H14FN3O/c20-15-4-2-1-3-11(15)12-7-8-14(19(22)24)18-17(12)13-6-5-10(21)9-16(13)23-18/h1-9,23H,21H2,(H2,22,24). The zero-order valence-corrected chi connectivity index (χ0v) is 12.6. The van der Waals surface area contributed by atoms with E-state index in [1.165, 1.54) is 6.07 Å². The molecule has 4 rings (SSSR count). The summed E-state index contributed by atoms with van der Waals surface area (Å²) in [5.74, 6) is -0.866. The SMILES string of the molecule is NC(=O)c1ccc(-c2ccccc2F)c2c1[nH]c1cc(N)ccc12. The van der Waals surface area contributed by atoms with Crippen LogP contribution >= 0.6 is 0 Å². The normalized spacial score (nSPS) is 11.2. The van der Waals surface area contributed by atoms with Crippen LogP contribution < -0.4 is 11.5 Å². The molecule has 4 aromatic rings. The largest absolute Gasteiger partial charge is 0.399 e. The van der Waals surface area contributed by atoms with Crippen LogP contribution in [0, 0.1) is 5.82 Å². The zero-order valence-electron chi connectivity index (χ0n) is 12.6. The van der Waals surface area contributed by atoms with Gasteiger partial charge in [0.15, 0.2) is 0 Å². The molecule has 0 atom stereocenters. The highest BCUT2D eigenvalue weighted by molar-refractivity contribution is 6.20. The van der Waals surface area contributed by atoms with Crippen LogP contribution in [-0.2, 0) is 0 Å². The van der Waals surface area contributed by atoms with Crippen LogP contribution in [0.25, 0.3) is 32.9 Å². The summed E-state index contributed by atoms with van der Waals surface area (Å²) in [5, 5.41) is 1.62. The number of hydrogen-bond donors (Lipinski definition) is 3. The van der Waals surface area contributed by atoms with E-state index < -0.39 is 5.91 Å². The van der Waals surface area contributed by atoms with Gasteiger partial charge < -0.3 is 16.5 Å². The van der Waals surface area contributed by atoms with Crippen molar-refractivity contribution in [2.45, 2.75) is 0 Å². The van der Waals surface area contributed by atoms with Crippen LogP contribution in [0.3, 0.4) is 0 Å². The Bertz CT molecular complexity index is 1110. The number of halogens is 1. The molecular weight excluding hydrogens is 305 g/mol. The van der Waals surface area contributed by atoms with Crippen molar-refractivity contribution in [3.8, 4) is 11.1 Å². The number of carbonyl (C=O) groups is 1. The predicted octanol–water partition coefficient (Wildman–Crippen LogP) is 3.81. The summed E-state index contributed by atoms with van der Waals surface area (Å²) in [6.07, 6.45) is 0. The Morgan fingerprint density at radius 2 is 1.79 bits per heavy atom. The van der Waals surface area contributed by atoms with Gasteiger partial charge >= 0.3 is 0 Å². The maximum absolute atomic E-state index is 14.3. The second-order valence-electron chi connectivity index (χ2n) is 5.68. The van der Waals surface area contributed by atoms with E-state index in [0.29, 0.717) is 27.9 Å². The minimum Gasteiger partial charge on any atom is -0.399 e. The smallest absolute Gasteiger partial charge is 0.250 e. The molecule has 1 aromatic heterocycles. The summed E-state index contributed by atoms with van der Waals surface area (Å²) >= 11 is 0. The number of anilines is 1. The molecule has 3 aromatic carbocycles. The first-order valence-electron chi connectivity index (χ1n) is 7.45. The zero-order chi connectivity index (χ0) is 16.8. The van der Waals surface area contributed by atoms with Crippen LogP contribution in [0.4, 0.5) is 10.1 Å². The third-order valence-corrected chi connectivity index (χ3v) is 4.21. The van der Waals surface area contributed by atoms with Crippen LogP contribution in [0.15, 0.2) is 54.6 Å². The summed E-state index contributed by atoms with van der Waals surface area (Å²) in [6.45, 7) is 0. The second-order valence-corrected chi connectivity index (χ2v) is 5.68. The Hall–Kier alpha value is -3.34. The maximum Gasteiger partial charge on any atom is 0.250 e. The summed E-state index contributed by atoms with van der Waals surface area (Å²) in [4.78, 5) is 15.0. The van der Waals surface area contributed by atoms with Gasteiger partial charge in [0.2, 0.25) is 0 Å². The molecule has 0 saturated heterocycles. The van der Waals surface area contributed by atoms with Gasteiger partial charge in [0, 0.05) is 27.5 Å². The number of primary amides is 1. The molecule has 0 spiro atoms. The van der Waals surface area contributed by atoms with Gasteiger partial charge in [-0.05, 0) is 29.8 Å². The van der Waals surface area contributed by atoms with E-state index >= 15 is 0 Å². The third kappa shape index (κ3) is 2.02. The molecule has 0 aliphatic rings. The summed E-state index contributed by atoms with van der Waals surface area (Å²) in [5.41, 5.74) is 14.8. The van der Waals surface area contributed by atoms with Crippen molar-refractivity contribution in [2.24, 2.45) is 5.73 Å². The number of carbonyl (C=O) groups excluding carboxylic acids is 1. The van der Waals surface area contributed by atoms with Crippen molar-refractivity contribution >= 4 is 33.4 Å². The quantitative estimate of drug-likeness (QED) is 0.491. The maximum atomic E-state index is 14.3. The number of amides is 1. The topological polar surface area (TPSA) is 84.9 Å². The molecule has 4 nitrogen and oxygen atoms in total. The lowest BCUT2D eigenvalue weighted by Gasteiger charge is -2.08. The van der Waals surface area contributed by atoms with Crippen LogP contribution in [0.5, 0.6) is 0 Å². The Morgan fingerprint density at radius 3 is 2.54 bits per heavy atom. The molecule has 5 N–H and O–H groups in total. The number of H-pyrrole nitrogens is 1. The molecule has 0 bridgehead atoms. The van der Waals surface area contributed by atoms with Crippen LogP contribution in [-0.4, -0.2) is 10.9 Å². The minimum atomic E-state index is -0.542. The number of rotatable bonds is 2. The van der Waals surface area contributed by atoms with Crippen molar-refractivity contribution in [3.05, 3.63) is 66.0 Å². The fraction of sp³-hybridized carbons (Fsp3) is 0. The van der Waals surface area contributed by atoms with E-state index in [2.05, 4.69) is 4.98 Å². The monoisotopic (exact) mass is 319 g/mol. The van der Waals surface area contributed by atoms with Gasteiger partial charge in [-0.2, -0.15) is 0 Å². The van der Waals surface area contributed by atoms with Gasteiger partial charge in [0.1, 0.15) is 5.82 Å². The molecule has 0 aliphatic heterocycles. The van der Waals surface area contributed by atoms with Gasteiger partial charge in [-0.3, -0.25) is 4.79 Å². The number of nitrogens with two attached hydrogens (primary N) is 2. The van der Waals surface area contributed by atoms with Crippen molar-refractivity contribution in [2.75, 3.05) is 5.73 Å². The molecule has 0 fully saturated rings. The molecule has 118 valence electrons. The lowest BCUT2D eigenvalue weighted by Crippen LogP contribution is -2.11. The molecule has 1 heterocycles.